The Hall–Kier alpha value is -0.670. The van der Waals surface area contributed by atoms with Crippen molar-refractivity contribution in [2.45, 2.75) is 39.2 Å². The van der Waals surface area contributed by atoms with Gasteiger partial charge in [-0.3, -0.25) is 4.79 Å². The molecular weight excluding hydrogens is 196 g/mol. The molecule has 0 radical (unpaired) electrons. The zero-order chi connectivity index (χ0) is 10.3. The van der Waals surface area contributed by atoms with Crippen LogP contribution in [0.15, 0.2) is 0 Å². The SMILES string of the molecule is CC(=O)c1sc(C(C)O)c2c1CCC2. The van der Waals surface area contributed by atoms with Gasteiger partial charge in [-0.1, -0.05) is 0 Å². The van der Waals surface area contributed by atoms with E-state index in [9.17, 15) is 9.90 Å². The van der Waals surface area contributed by atoms with Gasteiger partial charge < -0.3 is 5.11 Å². The molecule has 14 heavy (non-hydrogen) atoms. The molecule has 0 saturated heterocycles. The van der Waals surface area contributed by atoms with E-state index in [2.05, 4.69) is 0 Å². The third kappa shape index (κ3) is 1.41. The van der Waals surface area contributed by atoms with Crippen molar-refractivity contribution in [3.8, 4) is 0 Å². The van der Waals surface area contributed by atoms with E-state index in [-0.39, 0.29) is 5.78 Å². The van der Waals surface area contributed by atoms with Gasteiger partial charge in [-0.2, -0.15) is 0 Å². The number of Topliss-reactive ketones (excluding diaryl/α,β-unsaturated/α-hetero) is 1. The van der Waals surface area contributed by atoms with Crippen LogP contribution in [0.3, 0.4) is 0 Å². The summed E-state index contributed by atoms with van der Waals surface area (Å²) in [6, 6.07) is 0. The van der Waals surface area contributed by atoms with Crippen molar-refractivity contribution in [2.24, 2.45) is 0 Å². The minimum Gasteiger partial charge on any atom is -0.388 e. The van der Waals surface area contributed by atoms with Gasteiger partial charge in [-0.05, 0) is 44.2 Å². The van der Waals surface area contributed by atoms with E-state index in [1.54, 1.807) is 13.8 Å². The molecule has 1 aliphatic carbocycles. The van der Waals surface area contributed by atoms with Gasteiger partial charge in [0, 0.05) is 4.88 Å². The van der Waals surface area contributed by atoms with E-state index in [4.69, 9.17) is 0 Å². The Morgan fingerprint density at radius 2 is 2.07 bits per heavy atom. The molecule has 0 aromatic carbocycles. The summed E-state index contributed by atoms with van der Waals surface area (Å²) in [5.74, 6) is 0.139. The number of aliphatic hydroxyl groups excluding tert-OH is 1. The maximum absolute atomic E-state index is 11.4. The highest BCUT2D eigenvalue weighted by molar-refractivity contribution is 7.14. The van der Waals surface area contributed by atoms with Crippen LogP contribution >= 0.6 is 11.3 Å². The average molecular weight is 210 g/mol. The van der Waals surface area contributed by atoms with Gasteiger partial charge in [-0.15, -0.1) is 11.3 Å². The Bertz CT molecular complexity index is 377. The van der Waals surface area contributed by atoms with Gasteiger partial charge in [-0.25, -0.2) is 0 Å². The zero-order valence-electron chi connectivity index (χ0n) is 8.46. The summed E-state index contributed by atoms with van der Waals surface area (Å²) < 4.78 is 0. The number of carbonyl (C=O) groups is 1. The number of hydrogen-bond acceptors (Lipinski definition) is 3. The third-order valence-electron chi connectivity index (χ3n) is 2.70. The molecule has 0 saturated carbocycles. The largest absolute Gasteiger partial charge is 0.388 e. The highest BCUT2D eigenvalue weighted by atomic mass is 32.1. The molecule has 0 fully saturated rings. The normalized spacial score (nSPS) is 16.8. The molecule has 0 aliphatic heterocycles. The Labute approximate surface area is 87.6 Å². The van der Waals surface area contributed by atoms with E-state index >= 15 is 0 Å². The van der Waals surface area contributed by atoms with E-state index in [0.717, 1.165) is 29.0 Å². The van der Waals surface area contributed by atoms with Crippen LogP contribution in [0, 0.1) is 0 Å². The van der Waals surface area contributed by atoms with E-state index in [1.807, 2.05) is 0 Å². The Balaban J connectivity index is 2.55. The summed E-state index contributed by atoms with van der Waals surface area (Å²) in [7, 11) is 0. The molecule has 1 atom stereocenters. The smallest absolute Gasteiger partial charge is 0.170 e. The highest BCUT2D eigenvalue weighted by Crippen LogP contribution is 2.38. The molecule has 1 aromatic heterocycles. The second-order valence-electron chi connectivity index (χ2n) is 3.84. The minimum atomic E-state index is -0.431. The van der Waals surface area contributed by atoms with Crippen molar-refractivity contribution in [3.63, 3.8) is 0 Å². The molecule has 0 bridgehead atoms. The number of carbonyl (C=O) groups excluding carboxylic acids is 1. The topological polar surface area (TPSA) is 37.3 Å². The molecule has 1 heterocycles. The summed E-state index contributed by atoms with van der Waals surface area (Å²) in [6.07, 6.45) is 2.73. The Kier molecular flexibility index (Phi) is 2.45. The maximum Gasteiger partial charge on any atom is 0.170 e. The molecule has 2 nitrogen and oxygen atoms in total. The Morgan fingerprint density at radius 3 is 2.64 bits per heavy atom. The predicted octanol–water partition coefficient (Wildman–Crippen LogP) is 2.49. The summed E-state index contributed by atoms with van der Waals surface area (Å²) >= 11 is 1.48. The molecule has 0 spiro atoms. The van der Waals surface area contributed by atoms with Crippen molar-refractivity contribution in [1.82, 2.24) is 0 Å². The lowest BCUT2D eigenvalue weighted by molar-refractivity contribution is 0.102. The summed E-state index contributed by atoms with van der Waals surface area (Å²) in [6.45, 7) is 3.38. The first-order chi connectivity index (χ1) is 6.61. The van der Waals surface area contributed by atoms with Crippen molar-refractivity contribution in [1.29, 1.82) is 0 Å². The molecule has 76 valence electrons. The summed E-state index contributed by atoms with van der Waals surface area (Å²) in [4.78, 5) is 13.2. The molecule has 1 unspecified atom stereocenters. The van der Waals surface area contributed by atoms with Crippen LogP contribution in [-0.4, -0.2) is 10.9 Å². The number of hydrogen-bond donors (Lipinski definition) is 1. The standard InChI is InChI=1S/C11H14O2S/c1-6(12)10-8-4-3-5-9(8)11(14-10)7(2)13/h6,12H,3-5H2,1-2H3. The molecule has 0 amide bonds. The second-order valence-corrected chi connectivity index (χ2v) is 4.89. The average Bonchev–Trinajstić information content (AvgIpc) is 2.59. The third-order valence-corrected chi connectivity index (χ3v) is 4.25. The van der Waals surface area contributed by atoms with Gasteiger partial charge in [0.15, 0.2) is 5.78 Å². The summed E-state index contributed by atoms with van der Waals surface area (Å²) in [5, 5.41) is 9.58. The quantitative estimate of drug-likeness (QED) is 0.761. The molecule has 3 heteroatoms. The van der Waals surface area contributed by atoms with E-state index < -0.39 is 6.10 Å². The molecule has 1 aromatic rings. The van der Waals surface area contributed by atoms with Crippen molar-refractivity contribution in [2.75, 3.05) is 0 Å². The van der Waals surface area contributed by atoms with Crippen LogP contribution in [0.1, 0.15) is 52.0 Å². The maximum atomic E-state index is 11.4. The van der Waals surface area contributed by atoms with Crippen LogP contribution in [-0.2, 0) is 12.8 Å². The monoisotopic (exact) mass is 210 g/mol. The number of ketones is 1. The fraction of sp³-hybridized carbons (Fsp3) is 0.545. The predicted molar refractivity (Wildman–Crippen MR) is 57.0 cm³/mol. The molecule has 1 aliphatic rings. The summed E-state index contributed by atoms with van der Waals surface area (Å²) in [5.41, 5.74) is 2.45. The number of fused-ring (bicyclic) bond motifs is 1. The van der Waals surface area contributed by atoms with E-state index in [1.165, 1.54) is 22.5 Å². The number of aliphatic hydroxyl groups is 1. The molecule has 2 rings (SSSR count). The van der Waals surface area contributed by atoms with Gasteiger partial charge in [0.05, 0.1) is 11.0 Å². The minimum absolute atomic E-state index is 0.139. The van der Waals surface area contributed by atoms with Crippen LogP contribution in [0.5, 0.6) is 0 Å². The lowest BCUT2D eigenvalue weighted by Gasteiger charge is -2.02. The first kappa shape index (κ1) is 9.87. The van der Waals surface area contributed by atoms with Gasteiger partial charge in [0.2, 0.25) is 0 Å². The molecular formula is C11H14O2S. The van der Waals surface area contributed by atoms with Gasteiger partial charge in [0.1, 0.15) is 0 Å². The van der Waals surface area contributed by atoms with Crippen molar-refractivity contribution >= 4 is 17.1 Å². The molecule has 1 N–H and O–H groups in total. The second kappa shape index (κ2) is 3.48. The van der Waals surface area contributed by atoms with Gasteiger partial charge >= 0.3 is 0 Å². The van der Waals surface area contributed by atoms with Crippen molar-refractivity contribution < 1.29 is 9.90 Å². The van der Waals surface area contributed by atoms with Crippen LogP contribution in [0.4, 0.5) is 0 Å². The highest BCUT2D eigenvalue weighted by Gasteiger charge is 2.25. The fourth-order valence-corrected chi connectivity index (χ4v) is 3.35. The van der Waals surface area contributed by atoms with Crippen LogP contribution < -0.4 is 0 Å². The lowest BCUT2D eigenvalue weighted by Crippen LogP contribution is -1.91. The van der Waals surface area contributed by atoms with Crippen LogP contribution in [0.25, 0.3) is 0 Å². The van der Waals surface area contributed by atoms with Crippen LogP contribution in [0.2, 0.25) is 0 Å². The lowest BCUT2D eigenvalue weighted by atomic mass is 10.1. The number of rotatable bonds is 2. The van der Waals surface area contributed by atoms with Crippen molar-refractivity contribution in [3.05, 3.63) is 20.9 Å². The first-order valence-corrected chi connectivity index (χ1v) is 5.76. The van der Waals surface area contributed by atoms with E-state index in [0.29, 0.717) is 0 Å². The first-order valence-electron chi connectivity index (χ1n) is 4.94. The zero-order valence-corrected chi connectivity index (χ0v) is 9.28. The fourth-order valence-electron chi connectivity index (χ4n) is 2.12. The number of thiophene rings is 1. The van der Waals surface area contributed by atoms with Gasteiger partial charge in [0.25, 0.3) is 0 Å². The Morgan fingerprint density at radius 1 is 1.43 bits per heavy atom.